The van der Waals surface area contributed by atoms with Gasteiger partial charge in [0.25, 0.3) is 0 Å². The van der Waals surface area contributed by atoms with Crippen molar-refractivity contribution in [1.29, 1.82) is 0 Å². The molecule has 0 unspecified atom stereocenters. The highest BCUT2D eigenvalue weighted by Crippen LogP contribution is 2.20. The first-order chi connectivity index (χ1) is 9.08. The van der Waals surface area contributed by atoms with Crippen LogP contribution in [0.4, 0.5) is 11.6 Å². The molecular weight excluding hydrogens is 280 g/mol. The van der Waals surface area contributed by atoms with Crippen LogP contribution in [-0.4, -0.2) is 23.3 Å². The van der Waals surface area contributed by atoms with Gasteiger partial charge in [0.1, 0.15) is 11.6 Å². The van der Waals surface area contributed by atoms with E-state index in [1.165, 1.54) is 11.8 Å². The molecule has 0 aliphatic heterocycles. The molecule has 4 nitrogen and oxygen atoms in total. The van der Waals surface area contributed by atoms with Gasteiger partial charge in [-0.05, 0) is 24.0 Å². The van der Waals surface area contributed by atoms with Gasteiger partial charge in [-0.1, -0.05) is 35.5 Å². The third-order valence-electron chi connectivity index (χ3n) is 2.62. The number of nitrogens with zero attached hydrogens (tertiary/aromatic N) is 3. The van der Waals surface area contributed by atoms with Crippen LogP contribution in [0, 0.1) is 0 Å². The number of rotatable bonds is 4. The highest BCUT2D eigenvalue weighted by Gasteiger charge is 2.07. The Bertz CT molecular complexity index is 559. The Morgan fingerprint density at radius 2 is 1.95 bits per heavy atom. The molecule has 0 atom stereocenters. The molecule has 0 radical (unpaired) electrons. The van der Waals surface area contributed by atoms with E-state index in [9.17, 15) is 0 Å². The molecule has 0 fully saturated rings. The molecular formula is C13H15ClN4S. The first-order valence-electron chi connectivity index (χ1n) is 5.72. The molecule has 2 rings (SSSR count). The summed E-state index contributed by atoms with van der Waals surface area (Å²) in [4.78, 5) is 10.6. The summed E-state index contributed by atoms with van der Waals surface area (Å²) >= 11 is 7.35. The highest BCUT2D eigenvalue weighted by molar-refractivity contribution is 7.98. The predicted octanol–water partition coefficient (Wildman–Crippen LogP) is 3.07. The number of nitrogens with two attached hydrogens (primary N) is 1. The first-order valence-corrected chi connectivity index (χ1v) is 7.33. The quantitative estimate of drug-likeness (QED) is 0.694. The SMILES string of the molecule is CSc1nc(N)cc(N(C)Cc2ccc(Cl)cc2)n1. The normalized spacial score (nSPS) is 10.5. The van der Waals surface area contributed by atoms with E-state index in [4.69, 9.17) is 17.3 Å². The Hall–Kier alpha value is -1.46. The number of hydrogen-bond acceptors (Lipinski definition) is 5. The van der Waals surface area contributed by atoms with Gasteiger partial charge < -0.3 is 10.6 Å². The fraction of sp³-hybridized carbons (Fsp3) is 0.231. The van der Waals surface area contributed by atoms with Gasteiger partial charge in [-0.15, -0.1) is 0 Å². The summed E-state index contributed by atoms with van der Waals surface area (Å²) in [6.45, 7) is 0.738. The zero-order chi connectivity index (χ0) is 13.8. The molecule has 0 saturated carbocycles. The molecule has 0 spiro atoms. The van der Waals surface area contributed by atoms with Crippen LogP contribution < -0.4 is 10.6 Å². The van der Waals surface area contributed by atoms with E-state index >= 15 is 0 Å². The molecule has 0 saturated heterocycles. The lowest BCUT2D eigenvalue weighted by molar-refractivity contribution is 0.860. The maximum Gasteiger partial charge on any atom is 0.191 e. The van der Waals surface area contributed by atoms with Gasteiger partial charge in [0, 0.05) is 24.7 Å². The zero-order valence-electron chi connectivity index (χ0n) is 10.8. The van der Waals surface area contributed by atoms with Crippen LogP contribution in [-0.2, 0) is 6.54 Å². The van der Waals surface area contributed by atoms with Gasteiger partial charge in [0.05, 0.1) is 0 Å². The summed E-state index contributed by atoms with van der Waals surface area (Å²) in [6, 6.07) is 9.53. The fourth-order valence-electron chi connectivity index (χ4n) is 1.66. The van der Waals surface area contributed by atoms with Gasteiger partial charge >= 0.3 is 0 Å². The number of thioether (sulfide) groups is 1. The second-order valence-electron chi connectivity index (χ2n) is 4.12. The molecule has 0 bridgehead atoms. The van der Waals surface area contributed by atoms with E-state index in [0.717, 1.165) is 22.9 Å². The molecule has 100 valence electrons. The molecule has 19 heavy (non-hydrogen) atoms. The van der Waals surface area contributed by atoms with Crippen molar-refractivity contribution in [2.45, 2.75) is 11.7 Å². The summed E-state index contributed by atoms with van der Waals surface area (Å²) in [7, 11) is 1.97. The standard InChI is InChI=1S/C13H15ClN4S/c1-18(8-9-3-5-10(14)6-4-9)12-7-11(15)16-13(17-12)19-2/h3-7H,8H2,1-2H3,(H2,15,16,17). The van der Waals surface area contributed by atoms with E-state index in [1.807, 2.05) is 42.5 Å². The zero-order valence-corrected chi connectivity index (χ0v) is 12.4. The van der Waals surface area contributed by atoms with Crippen molar-refractivity contribution in [1.82, 2.24) is 9.97 Å². The average molecular weight is 295 g/mol. The summed E-state index contributed by atoms with van der Waals surface area (Å²) < 4.78 is 0. The van der Waals surface area contributed by atoms with Crippen LogP contribution in [0.15, 0.2) is 35.5 Å². The van der Waals surface area contributed by atoms with E-state index in [2.05, 4.69) is 9.97 Å². The largest absolute Gasteiger partial charge is 0.383 e. The molecule has 0 aliphatic carbocycles. The van der Waals surface area contributed by atoms with Crippen LogP contribution in [0.2, 0.25) is 5.02 Å². The minimum atomic E-state index is 0.484. The number of halogens is 1. The van der Waals surface area contributed by atoms with Crippen molar-refractivity contribution < 1.29 is 0 Å². The maximum absolute atomic E-state index is 5.87. The van der Waals surface area contributed by atoms with E-state index in [0.29, 0.717) is 11.0 Å². The molecule has 2 aromatic rings. The lowest BCUT2D eigenvalue weighted by atomic mass is 10.2. The number of aromatic nitrogens is 2. The van der Waals surface area contributed by atoms with Gasteiger partial charge in [-0.3, -0.25) is 0 Å². The van der Waals surface area contributed by atoms with Crippen molar-refractivity contribution in [3.8, 4) is 0 Å². The van der Waals surface area contributed by atoms with Crippen molar-refractivity contribution in [3.05, 3.63) is 40.9 Å². The first kappa shape index (κ1) is 14.0. The van der Waals surface area contributed by atoms with Gasteiger partial charge in [-0.2, -0.15) is 0 Å². The Morgan fingerprint density at radius 3 is 2.58 bits per heavy atom. The average Bonchev–Trinajstić information content (AvgIpc) is 2.40. The number of nitrogen functional groups attached to an aromatic ring is 1. The van der Waals surface area contributed by atoms with Crippen LogP contribution in [0.1, 0.15) is 5.56 Å². The van der Waals surface area contributed by atoms with Gasteiger partial charge in [0.15, 0.2) is 5.16 Å². The Labute approximate surface area is 122 Å². The number of anilines is 2. The smallest absolute Gasteiger partial charge is 0.191 e. The van der Waals surface area contributed by atoms with Gasteiger partial charge in [-0.25, -0.2) is 9.97 Å². The molecule has 2 N–H and O–H groups in total. The lowest BCUT2D eigenvalue weighted by Gasteiger charge is -2.19. The molecule has 1 heterocycles. The second-order valence-corrected chi connectivity index (χ2v) is 5.33. The van der Waals surface area contributed by atoms with Crippen LogP contribution >= 0.6 is 23.4 Å². The monoisotopic (exact) mass is 294 g/mol. The van der Waals surface area contributed by atoms with E-state index in [1.54, 1.807) is 6.07 Å². The minimum absolute atomic E-state index is 0.484. The number of hydrogen-bond donors (Lipinski definition) is 1. The van der Waals surface area contributed by atoms with Crippen molar-refractivity contribution in [3.63, 3.8) is 0 Å². The topological polar surface area (TPSA) is 55.0 Å². The highest BCUT2D eigenvalue weighted by atomic mass is 35.5. The maximum atomic E-state index is 5.87. The van der Waals surface area contributed by atoms with E-state index < -0.39 is 0 Å². The third-order valence-corrected chi connectivity index (χ3v) is 3.42. The van der Waals surface area contributed by atoms with Crippen LogP contribution in [0.25, 0.3) is 0 Å². The Morgan fingerprint density at radius 1 is 1.26 bits per heavy atom. The van der Waals surface area contributed by atoms with Crippen molar-refractivity contribution in [2.24, 2.45) is 0 Å². The minimum Gasteiger partial charge on any atom is -0.383 e. The van der Waals surface area contributed by atoms with Crippen molar-refractivity contribution in [2.75, 3.05) is 23.9 Å². The Kier molecular flexibility index (Phi) is 4.50. The molecule has 1 aromatic heterocycles. The van der Waals surface area contributed by atoms with E-state index in [-0.39, 0.29) is 0 Å². The molecule has 0 amide bonds. The summed E-state index contributed by atoms with van der Waals surface area (Å²) in [5.74, 6) is 1.30. The summed E-state index contributed by atoms with van der Waals surface area (Å²) in [6.07, 6.45) is 1.93. The molecule has 6 heteroatoms. The Balaban J connectivity index is 2.17. The van der Waals surface area contributed by atoms with Gasteiger partial charge in [0.2, 0.25) is 0 Å². The summed E-state index contributed by atoms with van der Waals surface area (Å²) in [5.41, 5.74) is 6.94. The molecule has 0 aliphatic rings. The van der Waals surface area contributed by atoms with Crippen molar-refractivity contribution >= 4 is 35.0 Å². The third kappa shape index (κ3) is 3.75. The second kappa shape index (κ2) is 6.12. The summed E-state index contributed by atoms with van der Waals surface area (Å²) in [5, 5.41) is 1.42. The molecule has 1 aromatic carbocycles. The van der Waals surface area contributed by atoms with Crippen LogP contribution in [0.3, 0.4) is 0 Å². The lowest BCUT2D eigenvalue weighted by Crippen LogP contribution is -2.18. The number of benzene rings is 1. The van der Waals surface area contributed by atoms with Crippen LogP contribution in [0.5, 0.6) is 0 Å². The fourth-order valence-corrected chi connectivity index (χ4v) is 2.17. The predicted molar refractivity (Wildman–Crippen MR) is 81.8 cm³/mol.